The van der Waals surface area contributed by atoms with Gasteiger partial charge in [0.2, 0.25) is 5.91 Å². The minimum absolute atomic E-state index is 0. The number of hydrogen-bond donors (Lipinski definition) is 2. The molecule has 0 saturated carbocycles. The van der Waals surface area contributed by atoms with Crippen molar-refractivity contribution in [2.24, 2.45) is 5.73 Å². The number of amides is 1. The third-order valence-corrected chi connectivity index (χ3v) is 3.09. The first-order chi connectivity index (χ1) is 8.20. The van der Waals surface area contributed by atoms with E-state index in [1.165, 1.54) is 0 Å². The van der Waals surface area contributed by atoms with Crippen LogP contribution in [0.2, 0.25) is 0 Å². The van der Waals surface area contributed by atoms with Crippen LogP contribution in [-0.4, -0.2) is 40.0 Å². The van der Waals surface area contributed by atoms with Gasteiger partial charge in [0.1, 0.15) is 12.1 Å². The van der Waals surface area contributed by atoms with Crippen molar-refractivity contribution in [1.82, 2.24) is 9.88 Å². The smallest absolute Gasteiger partial charge is 0.242 e. The maximum Gasteiger partial charge on any atom is 0.242 e. The van der Waals surface area contributed by atoms with Gasteiger partial charge in [0, 0.05) is 25.5 Å². The maximum absolute atomic E-state index is 12.0. The minimum Gasteiger partial charge on any atom is -0.386 e. The van der Waals surface area contributed by atoms with Crippen molar-refractivity contribution in [3.8, 4) is 0 Å². The quantitative estimate of drug-likeness (QED) is 0.870. The zero-order chi connectivity index (χ0) is 12.3. The highest BCUT2D eigenvalue weighted by Gasteiger charge is 2.29. The molecule has 0 spiro atoms. The molecule has 0 radical (unpaired) electrons. The van der Waals surface area contributed by atoms with E-state index >= 15 is 0 Å². The Morgan fingerprint density at radius 3 is 2.32 bits per heavy atom. The number of halogens is 2. The largest absolute Gasteiger partial charge is 0.386 e. The molecule has 108 valence electrons. The van der Waals surface area contributed by atoms with Crippen molar-refractivity contribution in [3.05, 3.63) is 30.1 Å². The lowest BCUT2D eigenvalue weighted by Gasteiger charge is -2.23. The Hall–Kier alpha value is -0.880. The monoisotopic (exact) mass is 307 g/mol. The molecule has 1 aromatic heterocycles. The Kier molecular flexibility index (Phi) is 7.94. The summed E-state index contributed by atoms with van der Waals surface area (Å²) in [6.07, 6.45) is 4.22. The van der Waals surface area contributed by atoms with Gasteiger partial charge in [0.05, 0.1) is 0 Å². The van der Waals surface area contributed by atoms with E-state index in [9.17, 15) is 9.90 Å². The number of aliphatic hydroxyl groups is 1. The molecule has 1 aromatic rings. The van der Waals surface area contributed by atoms with Crippen LogP contribution in [-0.2, 0) is 4.79 Å². The highest BCUT2D eigenvalue weighted by Crippen LogP contribution is 2.18. The zero-order valence-corrected chi connectivity index (χ0v) is 12.1. The van der Waals surface area contributed by atoms with E-state index in [-0.39, 0.29) is 30.7 Å². The van der Waals surface area contributed by atoms with Crippen molar-refractivity contribution >= 4 is 30.7 Å². The fourth-order valence-electron chi connectivity index (χ4n) is 2.05. The SMILES string of the molecule is Cl.Cl.N[C@H](C(=O)N1CCCC1)[C@@H](O)c1ccncc1. The fraction of sp³-hybridized carbons (Fsp3) is 0.500. The van der Waals surface area contributed by atoms with E-state index in [0.717, 1.165) is 25.9 Å². The molecule has 1 aliphatic rings. The maximum atomic E-state index is 12.0. The summed E-state index contributed by atoms with van der Waals surface area (Å²) in [4.78, 5) is 17.6. The van der Waals surface area contributed by atoms with Crippen LogP contribution in [0.4, 0.5) is 0 Å². The first kappa shape index (κ1) is 18.1. The van der Waals surface area contributed by atoms with E-state index in [1.54, 1.807) is 29.4 Å². The van der Waals surface area contributed by atoms with Crippen LogP contribution < -0.4 is 5.73 Å². The van der Waals surface area contributed by atoms with Crippen LogP contribution in [0, 0.1) is 0 Å². The lowest BCUT2D eigenvalue weighted by Crippen LogP contribution is -2.45. The number of carbonyl (C=O) groups is 1. The van der Waals surface area contributed by atoms with Crippen LogP contribution in [0.1, 0.15) is 24.5 Å². The molecule has 2 atom stereocenters. The molecule has 5 nitrogen and oxygen atoms in total. The van der Waals surface area contributed by atoms with Gasteiger partial charge in [-0.05, 0) is 30.5 Å². The molecule has 3 N–H and O–H groups in total. The van der Waals surface area contributed by atoms with E-state index in [1.807, 2.05) is 0 Å². The average molecular weight is 308 g/mol. The van der Waals surface area contributed by atoms with Crippen LogP contribution in [0.3, 0.4) is 0 Å². The number of hydrogen-bond acceptors (Lipinski definition) is 4. The fourth-order valence-corrected chi connectivity index (χ4v) is 2.05. The first-order valence-electron chi connectivity index (χ1n) is 5.82. The first-order valence-corrected chi connectivity index (χ1v) is 5.82. The molecule has 0 aliphatic carbocycles. The Balaban J connectivity index is 0.00000162. The van der Waals surface area contributed by atoms with Crippen molar-refractivity contribution in [2.75, 3.05) is 13.1 Å². The van der Waals surface area contributed by atoms with Gasteiger partial charge in [0.25, 0.3) is 0 Å². The second kappa shape index (κ2) is 8.32. The molecule has 1 fully saturated rings. The molecule has 1 aliphatic heterocycles. The van der Waals surface area contributed by atoms with Gasteiger partial charge in [-0.15, -0.1) is 24.8 Å². The molecule has 1 amide bonds. The third kappa shape index (κ3) is 4.31. The topological polar surface area (TPSA) is 79.5 Å². The van der Waals surface area contributed by atoms with Gasteiger partial charge in [-0.25, -0.2) is 0 Å². The van der Waals surface area contributed by atoms with Crippen molar-refractivity contribution in [2.45, 2.75) is 25.0 Å². The molecule has 1 saturated heterocycles. The summed E-state index contributed by atoms with van der Waals surface area (Å²) in [7, 11) is 0. The second-order valence-electron chi connectivity index (χ2n) is 4.28. The Bertz CT molecular complexity index is 386. The number of pyridine rings is 1. The van der Waals surface area contributed by atoms with Crippen molar-refractivity contribution in [3.63, 3.8) is 0 Å². The normalized spacial score (nSPS) is 17.1. The van der Waals surface area contributed by atoms with E-state index in [4.69, 9.17) is 5.73 Å². The molecule has 7 heteroatoms. The van der Waals surface area contributed by atoms with Crippen LogP contribution >= 0.6 is 24.8 Å². The number of aliphatic hydroxyl groups excluding tert-OH is 1. The summed E-state index contributed by atoms with van der Waals surface area (Å²) in [6.45, 7) is 1.49. The van der Waals surface area contributed by atoms with Crippen LogP contribution in [0.5, 0.6) is 0 Å². The Morgan fingerprint density at radius 2 is 1.79 bits per heavy atom. The summed E-state index contributed by atoms with van der Waals surface area (Å²) in [5.74, 6) is -0.174. The average Bonchev–Trinajstić information content (AvgIpc) is 2.91. The lowest BCUT2D eigenvalue weighted by atomic mass is 10.0. The van der Waals surface area contributed by atoms with Gasteiger partial charge in [0.15, 0.2) is 0 Å². The summed E-state index contributed by atoms with van der Waals surface area (Å²) in [5, 5.41) is 10.0. The van der Waals surface area contributed by atoms with Gasteiger partial charge in [-0.2, -0.15) is 0 Å². The zero-order valence-electron chi connectivity index (χ0n) is 10.4. The standard InChI is InChI=1S/C12H17N3O2.2ClH/c13-10(12(17)15-7-1-2-8-15)11(16)9-3-5-14-6-4-9;;/h3-6,10-11,16H,1-2,7-8,13H2;2*1H/t10-,11-;;/m0../s1. The van der Waals surface area contributed by atoms with Gasteiger partial charge in [-0.1, -0.05) is 0 Å². The van der Waals surface area contributed by atoms with Crippen LogP contribution in [0.25, 0.3) is 0 Å². The van der Waals surface area contributed by atoms with Gasteiger partial charge < -0.3 is 15.7 Å². The number of nitrogens with zero attached hydrogens (tertiary/aromatic N) is 2. The van der Waals surface area contributed by atoms with Crippen molar-refractivity contribution in [1.29, 1.82) is 0 Å². The predicted octanol–water partition coefficient (Wildman–Crippen LogP) is 0.908. The van der Waals surface area contributed by atoms with E-state index in [0.29, 0.717) is 5.56 Å². The summed E-state index contributed by atoms with van der Waals surface area (Å²) in [5.41, 5.74) is 6.44. The van der Waals surface area contributed by atoms with E-state index < -0.39 is 12.1 Å². The van der Waals surface area contributed by atoms with E-state index in [2.05, 4.69) is 4.98 Å². The molecule has 2 heterocycles. The van der Waals surface area contributed by atoms with Crippen LogP contribution in [0.15, 0.2) is 24.5 Å². The highest BCUT2D eigenvalue weighted by atomic mass is 35.5. The van der Waals surface area contributed by atoms with Crippen molar-refractivity contribution < 1.29 is 9.90 Å². The number of carbonyl (C=O) groups excluding carboxylic acids is 1. The summed E-state index contributed by atoms with van der Waals surface area (Å²) >= 11 is 0. The molecule has 2 rings (SSSR count). The highest BCUT2D eigenvalue weighted by molar-refractivity contribution is 5.85. The Labute approximate surface area is 125 Å². The molecule has 19 heavy (non-hydrogen) atoms. The Morgan fingerprint density at radius 1 is 1.26 bits per heavy atom. The molecular formula is C12H19Cl2N3O2. The lowest BCUT2D eigenvalue weighted by molar-refractivity contribution is -0.134. The summed E-state index contributed by atoms with van der Waals surface area (Å²) < 4.78 is 0. The number of nitrogens with two attached hydrogens (primary N) is 1. The minimum atomic E-state index is -0.967. The predicted molar refractivity (Wildman–Crippen MR) is 77.5 cm³/mol. The van der Waals surface area contributed by atoms with Gasteiger partial charge >= 0.3 is 0 Å². The molecular weight excluding hydrogens is 289 g/mol. The number of rotatable bonds is 3. The van der Waals surface area contributed by atoms with Gasteiger partial charge in [-0.3, -0.25) is 9.78 Å². The number of likely N-dealkylation sites (tertiary alicyclic amines) is 1. The molecule has 0 aromatic carbocycles. The summed E-state index contributed by atoms with van der Waals surface area (Å²) in [6, 6.07) is 2.44. The second-order valence-corrected chi connectivity index (χ2v) is 4.28. The molecule has 0 unspecified atom stereocenters. The molecule has 0 bridgehead atoms. The third-order valence-electron chi connectivity index (χ3n) is 3.09. The number of aromatic nitrogens is 1.